The third kappa shape index (κ3) is 4.06. The van der Waals surface area contributed by atoms with Crippen molar-refractivity contribution in [1.29, 1.82) is 5.26 Å². The van der Waals surface area contributed by atoms with Gasteiger partial charge < -0.3 is 10.1 Å². The summed E-state index contributed by atoms with van der Waals surface area (Å²) in [6, 6.07) is 12.9. The van der Waals surface area contributed by atoms with Gasteiger partial charge in [0.15, 0.2) is 0 Å². The van der Waals surface area contributed by atoms with Gasteiger partial charge in [-0.05, 0) is 42.7 Å². The molecule has 2 aromatic rings. The SMILES string of the molecule is COc1ccc(CC(C#N)C(=O)Nc2ccc(C)cn2)cc1. The summed E-state index contributed by atoms with van der Waals surface area (Å²) in [6.07, 6.45) is 2.01. The Bertz CT molecular complexity index is 673. The van der Waals surface area contributed by atoms with Gasteiger partial charge in [-0.3, -0.25) is 4.79 Å². The summed E-state index contributed by atoms with van der Waals surface area (Å²) in [6.45, 7) is 1.92. The summed E-state index contributed by atoms with van der Waals surface area (Å²) in [4.78, 5) is 16.3. The monoisotopic (exact) mass is 295 g/mol. The van der Waals surface area contributed by atoms with Gasteiger partial charge in [-0.1, -0.05) is 18.2 Å². The molecule has 0 spiro atoms. The van der Waals surface area contributed by atoms with Crippen molar-refractivity contribution in [3.8, 4) is 11.8 Å². The van der Waals surface area contributed by atoms with Crippen LogP contribution in [0, 0.1) is 24.2 Å². The number of hydrogen-bond acceptors (Lipinski definition) is 4. The van der Waals surface area contributed by atoms with E-state index < -0.39 is 5.92 Å². The van der Waals surface area contributed by atoms with Crippen molar-refractivity contribution in [1.82, 2.24) is 4.98 Å². The minimum absolute atomic E-state index is 0.345. The number of nitriles is 1. The van der Waals surface area contributed by atoms with E-state index >= 15 is 0 Å². The maximum atomic E-state index is 12.2. The number of amides is 1. The summed E-state index contributed by atoms with van der Waals surface area (Å²) >= 11 is 0. The molecule has 1 aromatic heterocycles. The first kappa shape index (κ1) is 15.5. The van der Waals surface area contributed by atoms with E-state index in [0.717, 1.165) is 16.9 Å². The zero-order chi connectivity index (χ0) is 15.9. The Morgan fingerprint density at radius 1 is 1.32 bits per heavy atom. The van der Waals surface area contributed by atoms with Gasteiger partial charge >= 0.3 is 0 Å². The third-order valence-electron chi connectivity index (χ3n) is 3.23. The number of ether oxygens (including phenoxy) is 1. The van der Waals surface area contributed by atoms with Crippen LogP contribution in [0.4, 0.5) is 5.82 Å². The van der Waals surface area contributed by atoms with Crippen LogP contribution in [0.3, 0.4) is 0 Å². The Balaban J connectivity index is 2.02. The highest BCUT2D eigenvalue weighted by Gasteiger charge is 2.19. The Kier molecular flexibility index (Phi) is 5.10. The molecular weight excluding hydrogens is 278 g/mol. The number of carbonyl (C=O) groups is 1. The average Bonchev–Trinajstić information content (AvgIpc) is 2.55. The summed E-state index contributed by atoms with van der Waals surface area (Å²) in [7, 11) is 1.59. The van der Waals surface area contributed by atoms with E-state index in [-0.39, 0.29) is 5.91 Å². The Hall–Kier alpha value is -2.87. The fraction of sp³-hybridized carbons (Fsp3) is 0.235. The molecule has 5 heteroatoms. The van der Waals surface area contributed by atoms with Gasteiger partial charge in [0.25, 0.3) is 0 Å². The molecule has 0 aliphatic heterocycles. The number of pyridine rings is 1. The molecule has 112 valence electrons. The molecule has 0 fully saturated rings. The fourth-order valence-electron chi connectivity index (χ4n) is 1.95. The number of nitrogens with one attached hydrogen (secondary N) is 1. The number of rotatable bonds is 5. The molecule has 1 amide bonds. The van der Waals surface area contributed by atoms with Gasteiger partial charge in [-0.15, -0.1) is 0 Å². The van der Waals surface area contributed by atoms with Gasteiger partial charge in [0.2, 0.25) is 5.91 Å². The fourth-order valence-corrected chi connectivity index (χ4v) is 1.95. The van der Waals surface area contributed by atoms with Gasteiger partial charge in [-0.2, -0.15) is 5.26 Å². The van der Waals surface area contributed by atoms with Gasteiger partial charge in [0.05, 0.1) is 13.2 Å². The summed E-state index contributed by atoms with van der Waals surface area (Å²) in [5.74, 6) is 0.0716. The van der Waals surface area contributed by atoms with Crippen molar-refractivity contribution < 1.29 is 9.53 Å². The molecule has 1 atom stereocenters. The number of aromatic nitrogens is 1. The number of benzene rings is 1. The number of carbonyl (C=O) groups excluding carboxylic acids is 1. The Labute approximate surface area is 129 Å². The van der Waals surface area contributed by atoms with E-state index in [1.54, 1.807) is 19.4 Å². The zero-order valence-corrected chi connectivity index (χ0v) is 12.5. The molecule has 0 saturated carbocycles. The Morgan fingerprint density at radius 2 is 2.05 bits per heavy atom. The number of nitrogens with zero attached hydrogens (tertiary/aromatic N) is 2. The van der Waals surface area contributed by atoms with Crippen LogP contribution in [0.15, 0.2) is 42.6 Å². The van der Waals surface area contributed by atoms with E-state index in [9.17, 15) is 10.1 Å². The lowest BCUT2D eigenvalue weighted by molar-refractivity contribution is -0.118. The van der Waals surface area contributed by atoms with Crippen molar-refractivity contribution in [3.05, 3.63) is 53.7 Å². The molecule has 1 aromatic carbocycles. The zero-order valence-electron chi connectivity index (χ0n) is 12.5. The summed E-state index contributed by atoms with van der Waals surface area (Å²) < 4.78 is 5.08. The first-order chi connectivity index (χ1) is 10.6. The van der Waals surface area contributed by atoms with E-state index in [0.29, 0.717) is 12.2 Å². The van der Waals surface area contributed by atoms with Crippen LogP contribution in [0.1, 0.15) is 11.1 Å². The highest BCUT2D eigenvalue weighted by molar-refractivity contribution is 5.93. The van der Waals surface area contributed by atoms with Gasteiger partial charge in [0, 0.05) is 6.20 Å². The van der Waals surface area contributed by atoms with Gasteiger partial charge in [0.1, 0.15) is 17.5 Å². The van der Waals surface area contributed by atoms with Crippen molar-refractivity contribution in [2.45, 2.75) is 13.3 Å². The lowest BCUT2D eigenvalue weighted by Gasteiger charge is -2.10. The maximum Gasteiger partial charge on any atom is 0.243 e. The van der Waals surface area contributed by atoms with Crippen molar-refractivity contribution in [2.75, 3.05) is 12.4 Å². The van der Waals surface area contributed by atoms with Crippen LogP contribution in [0.25, 0.3) is 0 Å². The lowest BCUT2D eigenvalue weighted by atomic mass is 10.00. The lowest BCUT2D eigenvalue weighted by Crippen LogP contribution is -2.23. The molecule has 1 heterocycles. The van der Waals surface area contributed by atoms with E-state index in [2.05, 4.69) is 10.3 Å². The van der Waals surface area contributed by atoms with Crippen LogP contribution in [0.5, 0.6) is 5.75 Å². The predicted octanol–water partition coefficient (Wildman–Crippen LogP) is 2.72. The molecule has 2 rings (SSSR count). The second kappa shape index (κ2) is 7.23. The predicted molar refractivity (Wildman–Crippen MR) is 83.4 cm³/mol. The topological polar surface area (TPSA) is 75.0 Å². The van der Waals surface area contributed by atoms with Gasteiger partial charge in [-0.25, -0.2) is 4.98 Å². The standard InChI is InChI=1S/C17H17N3O2/c1-12-3-8-16(19-11-12)20-17(21)14(10-18)9-13-4-6-15(22-2)7-5-13/h3-8,11,14H,9H2,1-2H3,(H,19,20,21). The van der Waals surface area contributed by atoms with E-state index in [1.807, 2.05) is 43.3 Å². The molecular formula is C17H17N3O2. The Morgan fingerprint density at radius 3 is 2.59 bits per heavy atom. The minimum Gasteiger partial charge on any atom is -0.497 e. The van der Waals surface area contributed by atoms with Crippen molar-refractivity contribution >= 4 is 11.7 Å². The number of anilines is 1. The molecule has 5 nitrogen and oxygen atoms in total. The summed E-state index contributed by atoms with van der Waals surface area (Å²) in [5, 5.41) is 11.9. The van der Waals surface area contributed by atoms with E-state index in [1.165, 1.54) is 0 Å². The van der Waals surface area contributed by atoms with Crippen LogP contribution in [0.2, 0.25) is 0 Å². The van der Waals surface area contributed by atoms with Crippen LogP contribution < -0.4 is 10.1 Å². The highest BCUT2D eigenvalue weighted by Crippen LogP contribution is 2.15. The first-order valence-corrected chi connectivity index (χ1v) is 6.88. The summed E-state index contributed by atoms with van der Waals surface area (Å²) in [5.41, 5.74) is 1.91. The van der Waals surface area contributed by atoms with E-state index in [4.69, 9.17) is 4.74 Å². The normalized spacial score (nSPS) is 11.3. The molecule has 1 unspecified atom stereocenters. The molecule has 22 heavy (non-hydrogen) atoms. The second-order valence-electron chi connectivity index (χ2n) is 4.94. The average molecular weight is 295 g/mol. The van der Waals surface area contributed by atoms with Crippen molar-refractivity contribution in [2.24, 2.45) is 5.92 Å². The highest BCUT2D eigenvalue weighted by atomic mass is 16.5. The molecule has 1 N–H and O–H groups in total. The largest absolute Gasteiger partial charge is 0.497 e. The first-order valence-electron chi connectivity index (χ1n) is 6.88. The van der Waals surface area contributed by atoms with Crippen LogP contribution in [-0.4, -0.2) is 18.0 Å². The minimum atomic E-state index is -0.767. The maximum absolute atomic E-state index is 12.2. The second-order valence-corrected chi connectivity index (χ2v) is 4.94. The number of methoxy groups -OCH3 is 1. The number of hydrogen-bond donors (Lipinski definition) is 1. The van der Waals surface area contributed by atoms with Crippen LogP contribution in [-0.2, 0) is 11.2 Å². The third-order valence-corrected chi connectivity index (χ3v) is 3.23. The molecule has 0 bridgehead atoms. The number of aryl methyl sites for hydroxylation is 1. The molecule has 0 aliphatic carbocycles. The van der Waals surface area contributed by atoms with Crippen molar-refractivity contribution in [3.63, 3.8) is 0 Å². The van der Waals surface area contributed by atoms with Crippen LogP contribution >= 0.6 is 0 Å². The quantitative estimate of drug-likeness (QED) is 0.920. The molecule has 0 saturated heterocycles. The molecule has 0 radical (unpaired) electrons. The smallest absolute Gasteiger partial charge is 0.243 e. The molecule has 0 aliphatic rings.